The zero-order chi connectivity index (χ0) is 34.7. The van der Waals surface area contributed by atoms with E-state index >= 15 is 0 Å². The molecule has 49 heavy (non-hydrogen) atoms. The van der Waals surface area contributed by atoms with Crippen LogP contribution in [0.3, 0.4) is 0 Å². The minimum Gasteiger partial charge on any atom is -0.493 e. The molecule has 0 aliphatic carbocycles. The summed E-state index contributed by atoms with van der Waals surface area (Å²) in [6, 6.07) is 6.80. The van der Waals surface area contributed by atoms with E-state index in [-0.39, 0.29) is 62.2 Å². The molecule has 13 heteroatoms. The van der Waals surface area contributed by atoms with E-state index in [0.717, 1.165) is 12.8 Å². The Balaban J connectivity index is 1.10. The summed E-state index contributed by atoms with van der Waals surface area (Å²) in [6.45, 7) is 5.78. The monoisotopic (exact) mass is 692 g/mol. The molecule has 4 heterocycles. The second kappa shape index (κ2) is 14.7. The van der Waals surface area contributed by atoms with Crippen LogP contribution < -0.4 is 24.3 Å². The predicted octanol–water partition coefficient (Wildman–Crippen LogP) is 4.98. The van der Waals surface area contributed by atoms with Gasteiger partial charge in [-0.1, -0.05) is 23.3 Å². The Bertz CT molecular complexity index is 1750. The minimum atomic E-state index is -2.92. The summed E-state index contributed by atoms with van der Waals surface area (Å²) in [5.74, 6) is 1.48. The first kappa shape index (κ1) is 34.6. The number of carbonyl (C=O) groups excluding carboxylic acids is 2. The van der Waals surface area contributed by atoms with E-state index in [9.17, 15) is 19.3 Å². The van der Waals surface area contributed by atoms with Crippen molar-refractivity contribution < 1.29 is 38.2 Å². The molecule has 3 atom stereocenters. The predicted molar refractivity (Wildman–Crippen MR) is 189 cm³/mol. The number of ether oxygens (including phenoxy) is 4. The van der Waals surface area contributed by atoms with Crippen LogP contribution in [-0.4, -0.2) is 117 Å². The van der Waals surface area contributed by atoms with Gasteiger partial charge in [0.1, 0.15) is 0 Å². The smallest absolute Gasteiger partial charge is 0.257 e. The van der Waals surface area contributed by atoms with Crippen molar-refractivity contribution in [3.8, 4) is 23.0 Å². The molecule has 0 bridgehead atoms. The standard InChI is InChI=1S/C36H45N4O8P/c1-5-23-13-25-19-37-29-17-33(31(45-3)15-27(29)35(42)39(25)21-23)47-8-11-49(44,10-7-41)12-9-48-34-18-30-28(16-32(34)46-4)36(43)40-22-24(6-2)14-26(40)20-38-30/h5-6,15-19,25-26,38,41H,7-14,20-22H2,1-4H3/b23-5+,24-6+/t25-,26-,49?/m0/s1. The molecule has 2 fully saturated rings. The third kappa shape index (κ3) is 7.07. The zero-order valence-corrected chi connectivity index (χ0v) is 29.5. The number of aliphatic hydroxyl groups excluding tert-OH is 1. The molecule has 4 aliphatic rings. The zero-order valence-electron chi connectivity index (χ0n) is 28.6. The number of amides is 2. The number of aliphatic imine (C=N–C) groups is 1. The van der Waals surface area contributed by atoms with Crippen molar-refractivity contribution in [1.82, 2.24) is 9.80 Å². The van der Waals surface area contributed by atoms with E-state index in [2.05, 4.69) is 16.4 Å². The minimum absolute atomic E-state index is 0.0491. The largest absolute Gasteiger partial charge is 0.493 e. The van der Waals surface area contributed by atoms with E-state index in [4.69, 9.17) is 18.9 Å². The van der Waals surface area contributed by atoms with Crippen LogP contribution in [0.1, 0.15) is 47.4 Å². The molecule has 0 spiro atoms. The molecule has 2 aromatic carbocycles. The number of carbonyl (C=O) groups is 2. The van der Waals surface area contributed by atoms with Crippen LogP contribution in [0.5, 0.6) is 23.0 Å². The van der Waals surface area contributed by atoms with Crippen LogP contribution in [0.2, 0.25) is 0 Å². The molecule has 2 amide bonds. The summed E-state index contributed by atoms with van der Waals surface area (Å²) >= 11 is 0. The maximum atomic E-state index is 13.9. The van der Waals surface area contributed by atoms with Crippen molar-refractivity contribution >= 4 is 36.5 Å². The van der Waals surface area contributed by atoms with Crippen LogP contribution in [0, 0.1) is 0 Å². The third-order valence-corrected chi connectivity index (χ3v) is 12.9. The summed E-state index contributed by atoms with van der Waals surface area (Å²) in [4.78, 5) is 35.2. The molecule has 0 radical (unpaired) electrons. The van der Waals surface area contributed by atoms with Gasteiger partial charge >= 0.3 is 0 Å². The van der Waals surface area contributed by atoms with Gasteiger partial charge in [-0.2, -0.15) is 0 Å². The molecular weight excluding hydrogens is 647 g/mol. The van der Waals surface area contributed by atoms with Gasteiger partial charge in [0, 0.05) is 63.1 Å². The highest BCUT2D eigenvalue weighted by Gasteiger charge is 2.37. The average molecular weight is 693 g/mol. The van der Waals surface area contributed by atoms with Crippen LogP contribution in [0.25, 0.3) is 0 Å². The molecule has 6 rings (SSSR count). The van der Waals surface area contributed by atoms with Crippen LogP contribution in [0.15, 0.2) is 52.6 Å². The second-order valence-electron chi connectivity index (χ2n) is 12.8. The van der Waals surface area contributed by atoms with Gasteiger partial charge in [0.2, 0.25) is 0 Å². The lowest BCUT2D eigenvalue weighted by Gasteiger charge is -2.21. The van der Waals surface area contributed by atoms with Gasteiger partial charge in [-0.05, 0) is 38.8 Å². The Morgan fingerprint density at radius 1 is 0.857 bits per heavy atom. The maximum Gasteiger partial charge on any atom is 0.257 e. The van der Waals surface area contributed by atoms with Gasteiger partial charge < -0.3 is 43.7 Å². The van der Waals surface area contributed by atoms with Crippen molar-refractivity contribution in [3.05, 3.63) is 58.7 Å². The van der Waals surface area contributed by atoms with Gasteiger partial charge in [-0.15, -0.1) is 0 Å². The SMILES string of the molecule is C/C=C1\C[C@H]2CNc3cc(OCCP(=O)(CCO)CCOc4cc5c(cc4OC)C(=O)N4C/C(=C/C)C[C@H]4C=N5)c(OC)cc3C(=O)N2C1. The fraction of sp³-hybridized carbons (Fsp3) is 0.472. The van der Waals surface area contributed by atoms with Crippen molar-refractivity contribution in [3.63, 3.8) is 0 Å². The Morgan fingerprint density at radius 3 is 2.12 bits per heavy atom. The topological polar surface area (TPSA) is 139 Å². The Labute approximate surface area is 287 Å². The highest BCUT2D eigenvalue weighted by molar-refractivity contribution is 7.64. The van der Waals surface area contributed by atoms with E-state index in [1.165, 1.54) is 25.4 Å². The van der Waals surface area contributed by atoms with E-state index in [1.54, 1.807) is 24.3 Å². The molecule has 0 aromatic heterocycles. The van der Waals surface area contributed by atoms with Crippen LogP contribution in [0.4, 0.5) is 11.4 Å². The summed E-state index contributed by atoms with van der Waals surface area (Å²) in [7, 11) is 0.108. The number of anilines is 1. The van der Waals surface area contributed by atoms with E-state index in [1.807, 2.05) is 35.9 Å². The molecule has 0 saturated carbocycles. The number of allylic oxidation sites excluding steroid dienone is 2. The van der Waals surface area contributed by atoms with E-state index in [0.29, 0.717) is 65.1 Å². The van der Waals surface area contributed by atoms with E-state index < -0.39 is 7.14 Å². The highest BCUT2D eigenvalue weighted by Crippen LogP contribution is 2.46. The van der Waals surface area contributed by atoms with Crippen molar-refractivity contribution in [2.75, 3.05) is 77.5 Å². The first-order valence-electron chi connectivity index (χ1n) is 16.8. The first-order valence-corrected chi connectivity index (χ1v) is 19.0. The second-order valence-corrected chi connectivity index (χ2v) is 16.2. The normalized spacial score (nSPS) is 22.5. The number of fused-ring (bicyclic) bond motifs is 4. The number of methoxy groups -OCH3 is 2. The lowest BCUT2D eigenvalue weighted by molar-refractivity contribution is 0.0750. The highest BCUT2D eigenvalue weighted by atomic mass is 31.2. The Hall–Kier alpha value is -4.28. The summed E-state index contributed by atoms with van der Waals surface area (Å²) in [5.41, 5.74) is 4.59. The number of nitrogens with one attached hydrogen (secondary N) is 1. The van der Waals surface area contributed by atoms with Gasteiger partial charge in [-0.25, -0.2) is 0 Å². The molecule has 12 nitrogen and oxygen atoms in total. The van der Waals surface area contributed by atoms with Crippen LogP contribution in [-0.2, 0) is 4.57 Å². The molecule has 262 valence electrons. The van der Waals surface area contributed by atoms with Crippen molar-refractivity contribution in [1.29, 1.82) is 0 Å². The fourth-order valence-corrected chi connectivity index (χ4v) is 8.80. The maximum absolute atomic E-state index is 13.9. The number of hydrogen-bond donors (Lipinski definition) is 2. The van der Waals surface area contributed by atoms with Gasteiger partial charge in [0.15, 0.2) is 23.0 Å². The van der Waals surface area contributed by atoms with Crippen molar-refractivity contribution in [2.24, 2.45) is 4.99 Å². The molecule has 4 aliphatic heterocycles. The Kier molecular flexibility index (Phi) is 10.4. The fourth-order valence-electron chi connectivity index (χ4n) is 6.92. The number of nitrogens with zero attached hydrogens (tertiary/aromatic N) is 3. The summed E-state index contributed by atoms with van der Waals surface area (Å²) < 4.78 is 37.3. The lowest BCUT2D eigenvalue weighted by Crippen LogP contribution is -2.36. The quantitative estimate of drug-likeness (QED) is 0.233. The molecule has 1 unspecified atom stereocenters. The number of rotatable bonds is 12. The number of aliphatic hydroxyl groups is 1. The average Bonchev–Trinajstić information content (AvgIpc) is 3.67. The molecular formula is C36H45N4O8P. The number of benzene rings is 2. The summed E-state index contributed by atoms with van der Waals surface area (Å²) in [6.07, 6.45) is 8.06. The van der Waals surface area contributed by atoms with Gasteiger partial charge in [-0.3, -0.25) is 14.6 Å². The lowest BCUT2D eigenvalue weighted by atomic mass is 10.1. The molecule has 2 saturated heterocycles. The van der Waals surface area contributed by atoms with Crippen LogP contribution >= 0.6 is 7.14 Å². The van der Waals surface area contributed by atoms with Gasteiger partial charge in [0.05, 0.1) is 69.2 Å². The number of hydrogen-bond acceptors (Lipinski definition) is 10. The van der Waals surface area contributed by atoms with Crippen molar-refractivity contribution in [2.45, 2.75) is 38.8 Å². The summed E-state index contributed by atoms with van der Waals surface area (Å²) in [5, 5.41) is 13.2. The first-order chi connectivity index (χ1) is 23.7. The molecule has 2 aromatic rings. The molecule has 2 N–H and O–H groups in total. The Morgan fingerprint density at radius 2 is 1.47 bits per heavy atom. The third-order valence-electron chi connectivity index (χ3n) is 9.88. The van der Waals surface area contributed by atoms with Gasteiger partial charge in [0.25, 0.3) is 11.8 Å².